The van der Waals surface area contributed by atoms with Gasteiger partial charge in [0.25, 0.3) is 11.2 Å². The summed E-state index contributed by atoms with van der Waals surface area (Å²) in [6.07, 6.45) is -13.6. The van der Waals surface area contributed by atoms with Crippen molar-refractivity contribution in [2.75, 3.05) is 14.2 Å². The van der Waals surface area contributed by atoms with Gasteiger partial charge in [-0.25, -0.2) is 9.59 Å². The van der Waals surface area contributed by atoms with E-state index in [-0.39, 0.29) is 4.88 Å². The first-order chi connectivity index (χ1) is 19.3. The summed E-state index contributed by atoms with van der Waals surface area (Å²) >= 11 is 0.889. The van der Waals surface area contributed by atoms with E-state index >= 15 is 0 Å². The van der Waals surface area contributed by atoms with Crippen molar-refractivity contribution in [2.24, 2.45) is 0 Å². The molecule has 0 radical (unpaired) electrons. The van der Waals surface area contributed by atoms with Crippen molar-refractivity contribution in [3.05, 3.63) is 107 Å². The molecule has 4 atom stereocenters. The second-order valence-electron chi connectivity index (χ2n) is 8.45. The number of halogens is 6. The third-order valence-electron chi connectivity index (χ3n) is 6.18. The molecule has 3 aromatic rings. The van der Waals surface area contributed by atoms with Crippen LogP contribution in [0.4, 0.5) is 26.3 Å². The van der Waals surface area contributed by atoms with Gasteiger partial charge in [-0.05, 0) is 17.5 Å². The van der Waals surface area contributed by atoms with Crippen LogP contribution < -0.4 is 0 Å². The Hall–Kier alpha value is -3.68. The molecule has 1 heterocycles. The Balaban J connectivity index is 2.08. The van der Waals surface area contributed by atoms with Crippen LogP contribution in [0.5, 0.6) is 0 Å². The molecule has 0 fully saturated rings. The molecule has 3 rings (SSSR count). The first-order valence-electron chi connectivity index (χ1n) is 11.7. The molecular formula is C28H24F6O6S. The maximum atomic E-state index is 14.4. The van der Waals surface area contributed by atoms with Gasteiger partial charge in [0.15, 0.2) is 12.2 Å². The normalized spacial score (nSPS) is 16.5. The molecule has 0 bridgehead atoms. The number of methoxy groups -OCH3 is 2. The van der Waals surface area contributed by atoms with Crippen LogP contribution in [0.1, 0.15) is 22.1 Å². The smallest absolute Gasteiger partial charge is 0.432 e. The zero-order valence-corrected chi connectivity index (χ0v) is 22.4. The first-order valence-corrected chi connectivity index (χ1v) is 12.6. The summed E-state index contributed by atoms with van der Waals surface area (Å²) in [4.78, 5) is 26.6. The number of ether oxygens (including phenoxy) is 4. The van der Waals surface area contributed by atoms with Crippen LogP contribution in [-0.4, -0.2) is 44.6 Å². The lowest BCUT2D eigenvalue weighted by Crippen LogP contribution is -2.54. The van der Waals surface area contributed by atoms with Gasteiger partial charge in [-0.3, -0.25) is 0 Å². The van der Waals surface area contributed by atoms with Gasteiger partial charge >= 0.3 is 24.3 Å². The highest BCUT2D eigenvalue weighted by Gasteiger charge is 2.66. The van der Waals surface area contributed by atoms with Crippen molar-refractivity contribution < 1.29 is 54.9 Å². The number of alkyl halides is 6. The molecular weight excluding hydrogens is 578 g/mol. The predicted octanol–water partition coefficient (Wildman–Crippen LogP) is 6.64. The fourth-order valence-corrected chi connectivity index (χ4v) is 4.94. The summed E-state index contributed by atoms with van der Waals surface area (Å²) in [6.45, 7) is 3.44. The molecule has 0 spiro atoms. The van der Waals surface area contributed by atoms with E-state index in [2.05, 4.69) is 6.58 Å². The summed E-state index contributed by atoms with van der Waals surface area (Å²) < 4.78 is 106. The van der Waals surface area contributed by atoms with Gasteiger partial charge in [0.1, 0.15) is 0 Å². The summed E-state index contributed by atoms with van der Waals surface area (Å²) in [5.74, 6) is -3.91. The Labute approximate surface area is 235 Å². The maximum absolute atomic E-state index is 14.4. The van der Waals surface area contributed by atoms with Crippen LogP contribution in [0.25, 0.3) is 0 Å². The van der Waals surface area contributed by atoms with Gasteiger partial charge < -0.3 is 18.9 Å². The molecule has 13 heteroatoms. The zero-order valence-electron chi connectivity index (χ0n) is 21.6. The number of carbonyl (C=O) groups is 2. The van der Waals surface area contributed by atoms with Gasteiger partial charge in [-0.1, -0.05) is 73.3 Å². The van der Waals surface area contributed by atoms with E-state index in [1.54, 1.807) is 0 Å². The number of thiophene rings is 1. The highest BCUT2D eigenvalue weighted by Crippen LogP contribution is 2.46. The van der Waals surface area contributed by atoms with Crippen LogP contribution in [0.3, 0.4) is 0 Å². The zero-order chi connectivity index (χ0) is 30.5. The van der Waals surface area contributed by atoms with E-state index < -0.39 is 58.8 Å². The van der Waals surface area contributed by atoms with E-state index in [9.17, 15) is 35.9 Å². The lowest BCUT2D eigenvalue weighted by molar-refractivity contribution is -0.284. The Morgan fingerprint density at radius 1 is 0.732 bits per heavy atom. The van der Waals surface area contributed by atoms with Gasteiger partial charge in [0.2, 0.25) is 0 Å². The highest BCUT2D eigenvalue weighted by atomic mass is 32.1. The second kappa shape index (κ2) is 12.5. The quantitative estimate of drug-likeness (QED) is 0.139. The number of esters is 2. The number of benzene rings is 2. The third-order valence-corrected chi connectivity index (χ3v) is 7.11. The minimum Gasteiger partial charge on any atom is -0.451 e. The molecule has 0 aliphatic heterocycles. The average molecular weight is 603 g/mol. The standard InChI is InChI=1S/C28H24F6O6S/c1-4-20(39-23(35)25(37-2,27(29,30)31)18-12-7-5-8-13-18)22(21-16-11-17-41-21)40-24(36)26(38-3,28(32,33)34)19-14-9-6-10-15-19/h4-17,20,22H,1H2,2-3H3/t20-,22-,25+,26+/m0/s1. The molecule has 41 heavy (non-hydrogen) atoms. The number of rotatable bonds is 11. The Morgan fingerprint density at radius 3 is 1.51 bits per heavy atom. The van der Waals surface area contributed by atoms with E-state index in [0.717, 1.165) is 41.7 Å². The Kier molecular flexibility index (Phi) is 9.67. The number of carbonyl (C=O) groups excluding carboxylic acids is 2. The number of hydrogen-bond donors (Lipinski definition) is 0. The van der Waals surface area contributed by atoms with E-state index in [0.29, 0.717) is 14.2 Å². The van der Waals surface area contributed by atoms with Crippen molar-refractivity contribution >= 4 is 23.3 Å². The molecule has 0 N–H and O–H groups in total. The first kappa shape index (κ1) is 31.8. The molecule has 6 nitrogen and oxygen atoms in total. The van der Waals surface area contributed by atoms with Crippen molar-refractivity contribution in [2.45, 2.75) is 35.8 Å². The van der Waals surface area contributed by atoms with Gasteiger partial charge in [0.05, 0.1) is 0 Å². The van der Waals surface area contributed by atoms with Crippen molar-refractivity contribution in [3.8, 4) is 0 Å². The van der Waals surface area contributed by atoms with Crippen molar-refractivity contribution in [1.29, 1.82) is 0 Å². The molecule has 0 saturated heterocycles. The van der Waals surface area contributed by atoms with Crippen molar-refractivity contribution in [3.63, 3.8) is 0 Å². The lowest BCUT2D eigenvalue weighted by atomic mass is 9.92. The third kappa shape index (κ3) is 5.88. The van der Waals surface area contributed by atoms with Crippen LogP contribution in [0, 0.1) is 0 Å². The fourth-order valence-electron chi connectivity index (χ4n) is 4.15. The van der Waals surface area contributed by atoms with Crippen LogP contribution in [0.2, 0.25) is 0 Å². The lowest BCUT2D eigenvalue weighted by Gasteiger charge is -2.36. The average Bonchev–Trinajstić information content (AvgIpc) is 3.46. The monoisotopic (exact) mass is 602 g/mol. The van der Waals surface area contributed by atoms with E-state index in [4.69, 9.17) is 18.9 Å². The van der Waals surface area contributed by atoms with Gasteiger partial charge in [-0.2, -0.15) is 26.3 Å². The molecule has 0 aliphatic carbocycles. The van der Waals surface area contributed by atoms with E-state index in [1.807, 2.05) is 0 Å². The largest absolute Gasteiger partial charge is 0.451 e. The van der Waals surface area contributed by atoms with Crippen LogP contribution >= 0.6 is 11.3 Å². The highest BCUT2D eigenvalue weighted by molar-refractivity contribution is 7.10. The van der Waals surface area contributed by atoms with Crippen molar-refractivity contribution in [1.82, 2.24) is 0 Å². The predicted molar refractivity (Wildman–Crippen MR) is 136 cm³/mol. The molecule has 0 aliphatic rings. The SMILES string of the molecule is C=C[C@H](OC(=O)[C@](OC)(c1ccccc1)C(F)(F)F)[C@H](OC(=O)[C@](OC)(c1ccccc1)C(F)(F)F)c1cccs1. The minimum absolute atomic E-state index is 0.0472. The molecule has 220 valence electrons. The molecule has 0 saturated carbocycles. The molecule has 0 amide bonds. The maximum Gasteiger partial charge on any atom is 0.432 e. The molecule has 2 aromatic carbocycles. The van der Waals surface area contributed by atoms with Gasteiger partial charge in [-0.15, -0.1) is 11.3 Å². The molecule has 1 aromatic heterocycles. The molecule has 0 unspecified atom stereocenters. The topological polar surface area (TPSA) is 71.1 Å². The second-order valence-corrected chi connectivity index (χ2v) is 9.42. The summed E-state index contributed by atoms with van der Waals surface area (Å²) in [6, 6.07) is 14.6. The summed E-state index contributed by atoms with van der Waals surface area (Å²) in [5, 5.41) is 1.47. The van der Waals surface area contributed by atoms with Crippen LogP contribution in [0.15, 0.2) is 90.8 Å². The van der Waals surface area contributed by atoms with E-state index in [1.165, 1.54) is 53.9 Å². The minimum atomic E-state index is -5.34. The Morgan fingerprint density at radius 2 is 1.17 bits per heavy atom. The van der Waals surface area contributed by atoms with Gasteiger partial charge in [0, 0.05) is 30.2 Å². The fraction of sp³-hybridized carbons (Fsp3) is 0.286. The Bertz CT molecular complexity index is 1310. The van der Waals surface area contributed by atoms with Crippen LogP contribution in [-0.2, 0) is 39.7 Å². The number of hydrogen-bond acceptors (Lipinski definition) is 7. The summed E-state index contributed by atoms with van der Waals surface area (Å²) in [7, 11) is 1.31. The summed E-state index contributed by atoms with van der Waals surface area (Å²) in [5.41, 5.74) is -8.47.